The van der Waals surface area contributed by atoms with Crippen molar-refractivity contribution in [2.45, 2.75) is 13.8 Å². The van der Waals surface area contributed by atoms with Gasteiger partial charge in [0.2, 0.25) is 0 Å². The average Bonchev–Trinajstić information content (AvgIpc) is 3.01. The van der Waals surface area contributed by atoms with Gasteiger partial charge in [-0.05, 0) is 38.1 Å². The van der Waals surface area contributed by atoms with E-state index in [-0.39, 0.29) is 5.75 Å². The van der Waals surface area contributed by atoms with Crippen LogP contribution in [0.2, 0.25) is 0 Å². The lowest BCUT2D eigenvalue weighted by Gasteiger charge is -2.04. The number of phenols is 1. The molecule has 2 aromatic heterocycles. The Balaban J connectivity index is 2.33. The highest BCUT2D eigenvalue weighted by Crippen LogP contribution is 2.37. The fourth-order valence-electron chi connectivity index (χ4n) is 2.72. The Labute approximate surface area is 134 Å². The van der Waals surface area contributed by atoms with Crippen molar-refractivity contribution in [3.8, 4) is 28.1 Å². The lowest BCUT2D eigenvalue weighted by atomic mass is 9.98. The molecule has 0 aliphatic rings. The summed E-state index contributed by atoms with van der Waals surface area (Å²) in [4.78, 5) is 4.14. The van der Waals surface area contributed by atoms with Crippen LogP contribution in [0.15, 0.2) is 33.8 Å². The minimum absolute atomic E-state index is 0.221. The molecule has 0 atom stereocenters. The summed E-state index contributed by atoms with van der Waals surface area (Å²) >= 11 is 0. The second-order valence-corrected chi connectivity index (χ2v) is 5.37. The van der Waals surface area contributed by atoms with Crippen LogP contribution in [-0.4, -0.2) is 33.3 Å². The van der Waals surface area contributed by atoms with E-state index in [0.29, 0.717) is 0 Å². The summed E-state index contributed by atoms with van der Waals surface area (Å²) < 4.78 is 7.12. The predicted molar refractivity (Wildman–Crippen MR) is 88.8 cm³/mol. The number of hydrogen-bond acceptors (Lipinski definition) is 5. The molecule has 0 radical (unpaired) electrons. The largest absolute Gasteiger partial charge is 0.508 e. The highest BCUT2D eigenvalue weighted by molar-refractivity contribution is 5.96. The maximum atomic E-state index is 9.52. The molecule has 118 valence electrons. The second-order valence-electron chi connectivity index (χ2n) is 5.37. The molecule has 0 saturated carbocycles. The molecule has 1 aromatic carbocycles. The molecule has 0 amide bonds. The highest BCUT2D eigenvalue weighted by Gasteiger charge is 2.23. The zero-order valence-corrected chi connectivity index (χ0v) is 13.5. The maximum absolute atomic E-state index is 9.52. The summed E-state index contributed by atoms with van der Waals surface area (Å²) in [6.07, 6.45) is 1.78. The third kappa shape index (κ3) is 2.52. The van der Waals surface area contributed by atoms with Gasteiger partial charge in [-0.2, -0.15) is 5.10 Å². The van der Waals surface area contributed by atoms with Gasteiger partial charge in [0.25, 0.3) is 0 Å². The minimum Gasteiger partial charge on any atom is -0.508 e. The highest BCUT2D eigenvalue weighted by atomic mass is 16.5. The number of benzene rings is 1. The molecule has 6 nitrogen and oxygen atoms in total. The Morgan fingerprint density at radius 2 is 1.87 bits per heavy atom. The summed E-state index contributed by atoms with van der Waals surface area (Å²) in [7, 11) is 3.60. The van der Waals surface area contributed by atoms with E-state index in [1.807, 2.05) is 33.0 Å². The molecule has 0 unspecified atom stereocenters. The van der Waals surface area contributed by atoms with Crippen molar-refractivity contribution in [2.75, 3.05) is 7.05 Å². The number of phenolic OH excluding ortho intramolecular Hbond substituents is 1. The molecule has 3 rings (SSSR count). The van der Waals surface area contributed by atoms with Crippen molar-refractivity contribution in [1.29, 1.82) is 0 Å². The standard InChI is InChI=1S/C17H18N4O2/c1-10-15(11(2)23-20-10)16-14(9-18-3)21(4)19-17(16)12-5-7-13(22)8-6-12/h5-9,22H,1-4H3. The molecule has 1 N–H and O–H groups in total. The summed E-state index contributed by atoms with van der Waals surface area (Å²) in [6, 6.07) is 6.97. The zero-order chi connectivity index (χ0) is 16.6. The van der Waals surface area contributed by atoms with Crippen LogP contribution in [0, 0.1) is 13.8 Å². The van der Waals surface area contributed by atoms with Crippen molar-refractivity contribution >= 4 is 6.21 Å². The van der Waals surface area contributed by atoms with Crippen molar-refractivity contribution in [3.05, 3.63) is 41.4 Å². The lowest BCUT2D eigenvalue weighted by Crippen LogP contribution is -1.98. The van der Waals surface area contributed by atoms with E-state index in [1.54, 1.807) is 30.1 Å². The molecule has 23 heavy (non-hydrogen) atoms. The van der Waals surface area contributed by atoms with Crippen molar-refractivity contribution in [3.63, 3.8) is 0 Å². The number of aryl methyl sites for hydroxylation is 3. The number of rotatable bonds is 3. The van der Waals surface area contributed by atoms with Crippen LogP contribution in [0.1, 0.15) is 17.1 Å². The van der Waals surface area contributed by atoms with Crippen molar-refractivity contribution < 1.29 is 9.63 Å². The smallest absolute Gasteiger partial charge is 0.141 e. The number of hydrogen-bond donors (Lipinski definition) is 1. The molecule has 0 saturated heterocycles. The second kappa shape index (κ2) is 5.72. The van der Waals surface area contributed by atoms with Crippen LogP contribution >= 0.6 is 0 Å². The third-order valence-corrected chi connectivity index (χ3v) is 3.77. The minimum atomic E-state index is 0.221. The molecular weight excluding hydrogens is 292 g/mol. The zero-order valence-electron chi connectivity index (χ0n) is 13.5. The summed E-state index contributed by atoms with van der Waals surface area (Å²) in [6.45, 7) is 3.79. The summed E-state index contributed by atoms with van der Waals surface area (Å²) in [5.74, 6) is 0.959. The number of aliphatic imine (C=N–C) groups is 1. The Kier molecular flexibility index (Phi) is 3.73. The van der Waals surface area contributed by atoms with Crippen LogP contribution in [0.3, 0.4) is 0 Å². The normalized spacial score (nSPS) is 11.5. The molecule has 0 aliphatic heterocycles. The number of nitrogens with zero attached hydrogens (tertiary/aromatic N) is 4. The van der Waals surface area contributed by atoms with Crippen LogP contribution < -0.4 is 0 Å². The Hall–Kier alpha value is -2.89. The molecule has 0 aliphatic carbocycles. The first kappa shape index (κ1) is 15.0. The first-order valence-electron chi connectivity index (χ1n) is 7.24. The maximum Gasteiger partial charge on any atom is 0.141 e. The van der Waals surface area contributed by atoms with Crippen LogP contribution in [0.5, 0.6) is 5.75 Å². The molecule has 6 heteroatoms. The summed E-state index contributed by atoms with van der Waals surface area (Å²) in [5.41, 5.74) is 5.25. The molecule has 0 bridgehead atoms. The van der Waals surface area contributed by atoms with Gasteiger partial charge in [0.15, 0.2) is 0 Å². The lowest BCUT2D eigenvalue weighted by molar-refractivity contribution is 0.393. The summed E-state index contributed by atoms with van der Waals surface area (Å²) in [5, 5.41) is 18.2. The van der Waals surface area contributed by atoms with E-state index < -0.39 is 0 Å². The van der Waals surface area contributed by atoms with Crippen LogP contribution in [0.4, 0.5) is 0 Å². The number of aromatic nitrogens is 3. The van der Waals surface area contributed by atoms with E-state index in [2.05, 4.69) is 15.2 Å². The fraction of sp³-hybridized carbons (Fsp3) is 0.235. The SMILES string of the molecule is CN=Cc1c(-c2c(C)noc2C)c(-c2ccc(O)cc2)nn1C. The number of aromatic hydroxyl groups is 1. The molecule has 0 fully saturated rings. The topological polar surface area (TPSA) is 76.4 Å². The van der Waals surface area contributed by atoms with Crippen molar-refractivity contribution in [1.82, 2.24) is 14.9 Å². The van der Waals surface area contributed by atoms with E-state index in [1.165, 1.54) is 0 Å². The molecule has 3 aromatic rings. The fourth-order valence-corrected chi connectivity index (χ4v) is 2.72. The van der Waals surface area contributed by atoms with Gasteiger partial charge in [0, 0.05) is 31.4 Å². The van der Waals surface area contributed by atoms with Gasteiger partial charge in [-0.25, -0.2) is 0 Å². The van der Waals surface area contributed by atoms with E-state index in [9.17, 15) is 5.11 Å². The first-order chi connectivity index (χ1) is 11.0. The average molecular weight is 310 g/mol. The van der Waals surface area contributed by atoms with Gasteiger partial charge in [-0.15, -0.1) is 0 Å². The Bertz CT molecular complexity index is 853. The van der Waals surface area contributed by atoms with Crippen LogP contribution in [0.25, 0.3) is 22.4 Å². The van der Waals surface area contributed by atoms with E-state index >= 15 is 0 Å². The van der Waals surface area contributed by atoms with Gasteiger partial charge in [0.05, 0.1) is 17.0 Å². The van der Waals surface area contributed by atoms with Crippen LogP contribution in [-0.2, 0) is 7.05 Å². The molecular formula is C17H18N4O2. The first-order valence-corrected chi connectivity index (χ1v) is 7.24. The van der Waals surface area contributed by atoms with E-state index in [4.69, 9.17) is 4.52 Å². The van der Waals surface area contributed by atoms with Gasteiger partial charge in [0.1, 0.15) is 17.2 Å². The predicted octanol–water partition coefficient (Wildman–Crippen LogP) is 3.11. The van der Waals surface area contributed by atoms with Crippen molar-refractivity contribution in [2.24, 2.45) is 12.0 Å². The van der Waals surface area contributed by atoms with Gasteiger partial charge >= 0.3 is 0 Å². The van der Waals surface area contributed by atoms with Gasteiger partial charge < -0.3 is 9.63 Å². The quantitative estimate of drug-likeness (QED) is 0.754. The van der Waals surface area contributed by atoms with Gasteiger partial charge in [-0.3, -0.25) is 9.67 Å². The van der Waals surface area contributed by atoms with Gasteiger partial charge in [-0.1, -0.05) is 5.16 Å². The third-order valence-electron chi connectivity index (χ3n) is 3.77. The van der Waals surface area contributed by atoms with E-state index in [0.717, 1.165) is 39.5 Å². The molecule has 2 heterocycles. The molecule has 0 spiro atoms. The Morgan fingerprint density at radius 3 is 2.43 bits per heavy atom. The monoisotopic (exact) mass is 310 g/mol. The Morgan fingerprint density at radius 1 is 1.17 bits per heavy atom.